The van der Waals surface area contributed by atoms with Crippen LogP contribution in [0.1, 0.15) is 25.5 Å². The van der Waals surface area contributed by atoms with Gasteiger partial charge in [0.05, 0.1) is 0 Å². The maximum atomic E-state index is 8.49. The summed E-state index contributed by atoms with van der Waals surface area (Å²) in [5.41, 5.74) is 6.03. The molecule has 0 saturated heterocycles. The predicted octanol–water partition coefficient (Wildman–Crippen LogP) is 1.06. The Morgan fingerprint density at radius 3 is 1.72 bits per heavy atom. The first-order valence-electron chi connectivity index (χ1n) is 9.98. The smallest absolute Gasteiger partial charge is 0.222 e. The van der Waals surface area contributed by atoms with Crippen LogP contribution in [0.5, 0.6) is 0 Å². The molecule has 2 heterocycles. The lowest BCUT2D eigenvalue weighted by molar-refractivity contribution is -2.00. The van der Waals surface area contributed by atoms with Crippen LogP contribution >= 0.6 is 0 Å². The van der Waals surface area contributed by atoms with Gasteiger partial charge in [-0.3, -0.25) is 0 Å². The summed E-state index contributed by atoms with van der Waals surface area (Å²) in [5, 5.41) is 0. The van der Waals surface area contributed by atoms with Crippen molar-refractivity contribution in [2.45, 2.75) is 19.8 Å². The SMILES string of the molecule is CC(C)c1cc(-c2ccccc2)cc(-c2ccccc2)[n+]1-c1ccccn1.[O-][Cl+3]([O-])([O-])[O-]. The molecule has 0 atom stereocenters. The fourth-order valence-electron chi connectivity index (χ4n) is 3.40. The maximum absolute atomic E-state index is 8.49. The Morgan fingerprint density at radius 1 is 0.688 bits per heavy atom. The quantitative estimate of drug-likeness (QED) is 0.432. The first kappa shape index (κ1) is 23.5. The van der Waals surface area contributed by atoms with Crippen LogP contribution in [0.2, 0.25) is 0 Å². The number of aromatic nitrogens is 2. The molecule has 0 spiro atoms. The van der Waals surface area contributed by atoms with Crippen LogP contribution in [0.15, 0.2) is 97.2 Å². The standard InChI is InChI=1S/C25H23N2.ClHO4/c1-19(2)23-17-22(20-11-5-3-6-12-20)18-24(21-13-7-4-8-14-21)27(23)25-15-9-10-16-26-25;2-1(3,4)5/h3-19H,1-2H3;(H,2,3,4,5)/q+1;/p-1. The lowest BCUT2D eigenvalue weighted by Crippen LogP contribution is -2.68. The van der Waals surface area contributed by atoms with Crippen molar-refractivity contribution in [3.63, 3.8) is 0 Å². The molecule has 0 aliphatic rings. The summed E-state index contributed by atoms with van der Waals surface area (Å²) in [6, 6.07) is 31.7. The second-order valence-corrected chi connectivity index (χ2v) is 8.10. The minimum absolute atomic E-state index is 0.359. The van der Waals surface area contributed by atoms with Crippen LogP contribution < -0.4 is 23.2 Å². The first-order valence-corrected chi connectivity index (χ1v) is 11.2. The van der Waals surface area contributed by atoms with Gasteiger partial charge in [0.2, 0.25) is 0 Å². The van der Waals surface area contributed by atoms with Gasteiger partial charge in [0.25, 0.3) is 0 Å². The Kier molecular flexibility index (Phi) is 7.69. The highest BCUT2D eigenvalue weighted by molar-refractivity contribution is 5.69. The molecule has 0 aliphatic carbocycles. The van der Waals surface area contributed by atoms with Gasteiger partial charge in [-0.2, -0.15) is 4.57 Å². The van der Waals surface area contributed by atoms with Gasteiger partial charge in [-0.15, -0.1) is 10.2 Å². The monoisotopic (exact) mass is 450 g/mol. The van der Waals surface area contributed by atoms with E-state index in [1.807, 2.05) is 18.3 Å². The molecule has 0 unspecified atom stereocenters. The van der Waals surface area contributed by atoms with Crippen LogP contribution in [-0.4, -0.2) is 4.98 Å². The topological polar surface area (TPSA) is 109 Å². The number of nitrogens with zero attached hydrogens (tertiary/aromatic N) is 2. The number of rotatable bonds is 4. The molecule has 0 saturated carbocycles. The molecule has 7 heteroatoms. The van der Waals surface area contributed by atoms with Crippen molar-refractivity contribution in [3.05, 3.63) is 103 Å². The average molecular weight is 451 g/mol. The van der Waals surface area contributed by atoms with E-state index >= 15 is 0 Å². The summed E-state index contributed by atoms with van der Waals surface area (Å²) in [4.78, 5) is 4.64. The van der Waals surface area contributed by atoms with Crippen molar-refractivity contribution in [2.75, 3.05) is 0 Å². The largest absolute Gasteiger partial charge is 0.328 e. The van der Waals surface area contributed by atoms with E-state index in [0.717, 1.165) is 11.5 Å². The number of pyridine rings is 2. The zero-order valence-electron chi connectivity index (χ0n) is 17.7. The normalized spacial score (nSPS) is 11.1. The number of hydrogen-bond acceptors (Lipinski definition) is 5. The van der Waals surface area contributed by atoms with E-state index in [-0.39, 0.29) is 0 Å². The maximum Gasteiger partial charge on any atom is 0.328 e. The first-order chi connectivity index (χ1) is 15.2. The molecule has 0 radical (unpaired) electrons. The van der Waals surface area contributed by atoms with E-state index in [1.165, 1.54) is 22.4 Å². The van der Waals surface area contributed by atoms with Gasteiger partial charge >= 0.3 is 5.82 Å². The molecule has 0 fully saturated rings. The zero-order chi connectivity index (χ0) is 23.1. The van der Waals surface area contributed by atoms with Gasteiger partial charge in [0.1, 0.15) is 17.6 Å². The van der Waals surface area contributed by atoms with Gasteiger partial charge in [0.15, 0.2) is 0 Å². The van der Waals surface area contributed by atoms with Gasteiger partial charge in [-0.05, 0) is 34.3 Å². The lowest BCUT2D eigenvalue weighted by Gasteiger charge is -2.17. The minimum Gasteiger partial charge on any atom is -0.222 e. The molecule has 2 aromatic heterocycles. The Bertz CT molecular complexity index is 1130. The summed E-state index contributed by atoms with van der Waals surface area (Å²) in [6.45, 7) is 4.47. The molecule has 0 bridgehead atoms. The molecule has 0 amide bonds. The molecule has 32 heavy (non-hydrogen) atoms. The van der Waals surface area contributed by atoms with E-state index in [4.69, 9.17) is 18.6 Å². The number of benzene rings is 2. The molecule has 0 N–H and O–H groups in total. The Balaban J connectivity index is 0.000000523. The van der Waals surface area contributed by atoms with E-state index in [0.29, 0.717) is 5.92 Å². The lowest BCUT2D eigenvalue weighted by atomic mass is 9.98. The highest BCUT2D eigenvalue weighted by Crippen LogP contribution is 2.28. The fourth-order valence-corrected chi connectivity index (χ4v) is 3.40. The Morgan fingerprint density at radius 2 is 1.22 bits per heavy atom. The van der Waals surface area contributed by atoms with Crippen molar-refractivity contribution >= 4 is 0 Å². The summed E-state index contributed by atoms with van der Waals surface area (Å²) >= 11 is 0. The second kappa shape index (κ2) is 10.5. The third-order valence-electron chi connectivity index (χ3n) is 4.74. The molecular formula is C25H23ClN2O4. The summed E-state index contributed by atoms with van der Waals surface area (Å²) in [6.07, 6.45) is 1.85. The number of hydrogen-bond donors (Lipinski definition) is 0. The Labute approximate surface area is 189 Å². The molecule has 2 aromatic carbocycles. The van der Waals surface area contributed by atoms with Gasteiger partial charge in [0, 0.05) is 17.5 Å². The third kappa shape index (κ3) is 6.43. The van der Waals surface area contributed by atoms with Gasteiger partial charge in [-0.1, -0.05) is 80.6 Å². The van der Waals surface area contributed by atoms with Crippen LogP contribution in [0.4, 0.5) is 0 Å². The summed E-state index contributed by atoms with van der Waals surface area (Å²) < 4.78 is 36.3. The third-order valence-corrected chi connectivity index (χ3v) is 4.74. The molecule has 0 aliphatic heterocycles. The molecule has 4 rings (SSSR count). The van der Waals surface area contributed by atoms with Gasteiger partial charge < -0.3 is 0 Å². The van der Waals surface area contributed by atoms with Crippen LogP contribution in [0, 0.1) is 10.2 Å². The van der Waals surface area contributed by atoms with Crippen molar-refractivity contribution in [2.24, 2.45) is 0 Å². The van der Waals surface area contributed by atoms with E-state index in [2.05, 4.69) is 102 Å². The summed E-state index contributed by atoms with van der Waals surface area (Å²) in [5.74, 6) is 1.30. The van der Waals surface area contributed by atoms with Crippen molar-refractivity contribution < 1.29 is 33.4 Å². The minimum atomic E-state index is -4.94. The highest BCUT2D eigenvalue weighted by Gasteiger charge is 2.23. The zero-order valence-corrected chi connectivity index (χ0v) is 18.5. The van der Waals surface area contributed by atoms with E-state index < -0.39 is 10.2 Å². The molecule has 6 nitrogen and oxygen atoms in total. The molecule has 4 aromatic rings. The second-order valence-electron chi connectivity index (χ2n) is 7.34. The van der Waals surface area contributed by atoms with Crippen molar-refractivity contribution in [1.82, 2.24) is 4.98 Å². The van der Waals surface area contributed by atoms with Crippen LogP contribution in [0.3, 0.4) is 0 Å². The van der Waals surface area contributed by atoms with E-state index in [1.54, 1.807) is 0 Å². The van der Waals surface area contributed by atoms with Crippen LogP contribution in [-0.2, 0) is 0 Å². The summed E-state index contributed by atoms with van der Waals surface area (Å²) in [7, 11) is -4.94. The molecular weight excluding hydrogens is 428 g/mol. The Hall–Kier alpha value is -3.13. The average Bonchev–Trinajstić information content (AvgIpc) is 2.79. The highest BCUT2D eigenvalue weighted by atomic mass is 35.7. The molecule has 164 valence electrons. The fraction of sp³-hybridized carbons (Fsp3) is 0.120. The number of halogens is 1. The van der Waals surface area contributed by atoms with Gasteiger partial charge in [-0.25, -0.2) is 18.6 Å². The predicted molar refractivity (Wildman–Crippen MR) is 111 cm³/mol. The van der Waals surface area contributed by atoms with E-state index in [9.17, 15) is 0 Å². The van der Waals surface area contributed by atoms with Crippen LogP contribution in [0.25, 0.3) is 28.2 Å². The van der Waals surface area contributed by atoms with Crippen molar-refractivity contribution in [3.8, 4) is 28.2 Å². The van der Waals surface area contributed by atoms with Crippen molar-refractivity contribution in [1.29, 1.82) is 0 Å².